The van der Waals surface area contributed by atoms with Gasteiger partial charge in [0.2, 0.25) is 0 Å². The smallest absolute Gasteiger partial charge is 0.152 e. The number of hydrogen-bond acceptors (Lipinski definition) is 2. The molecule has 82 valence electrons. The molecule has 2 bridgehead atoms. The van der Waals surface area contributed by atoms with Crippen LogP contribution in [0.3, 0.4) is 0 Å². The van der Waals surface area contributed by atoms with Crippen LogP contribution in [0.2, 0.25) is 0 Å². The summed E-state index contributed by atoms with van der Waals surface area (Å²) in [6.45, 7) is 3.88. The molecule has 0 heterocycles. The molecule has 0 aromatic carbocycles. The SMILES string of the molecule is CC1(C)CC(=O)[C@]2(C[C@H]3CC[C@@H]2C3)C1=O. The maximum Gasteiger partial charge on any atom is 0.152 e. The van der Waals surface area contributed by atoms with Crippen LogP contribution in [0.25, 0.3) is 0 Å². The first-order valence-electron chi connectivity index (χ1n) is 6.05. The molecule has 2 nitrogen and oxygen atoms in total. The minimum atomic E-state index is -0.521. The summed E-state index contributed by atoms with van der Waals surface area (Å²) in [7, 11) is 0. The average molecular weight is 206 g/mol. The Morgan fingerprint density at radius 3 is 2.33 bits per heavy atom. The summed E-state index contributed by atoms with van der Waals surface area (Å²) >= 11 is 0. The second-order valence-electron chi connectivity index (χ2n) is 6.36. The Balaban J connectivity index is 2.06. The van der Waals surface area contributed by atoms with Crippen molar-refractivity contribution in [1.29, 1.82) is 0 Å². The van der Waals surface area contributed by atoms with Crippen LogP contribution in [-0.4, -0.2) is 11.6 Å². The Bertz CT molecular complexity index is 356. The van der Waals surface area contributed by atoms with Gasteiger partial charge in [0.05, 0.1) is 5.41 Å². The molecule has 3 aliphatic carbocycles. The minimum Gasteiger partial charge on any atom is -0.299 e. The molecule has 3 aliphatic rings. The lowest BCUT2D eigenvalue weighted by molar-refractivity contribution is -0.140. The van der Waals surface area contributed by atoms with E-state index in [9.17, 15) is 9.59 Å². The van der Waals surface area contributed by atoms with Gasteiger partial charge in [-0.2, -0.15) is 0 Å². The number of ketones is 2. The van der Waals surface area contributed by atoms with Gasteiger partial charge in [0.1, 0.15) is 5.78 Å². The lowest BCUT2D eigenvalue weighted by Gasteiger charge is -2.31. The van der Waals surface area contributed by atoms with E-state index in [0.717, 1.165) is 19.3 Å². The number of hydrogen-bond donors (Lipinski definition) is 0. The van der Waals surface area contributed by atoms with Gasteiger partial charge in [0.25, 0.3) is 0 Å². The average Bonchev–Trinajstić information content (AvgIpc) is 2.77. The zero-order valence-corrected chi connectivity index (χ0v) is 9.51. The predicted molar refractivity (Wildman–Crippen MR) is 56.3 cm³/mol. The summed E-state index contributed by atoms with van der Waals surface area (Å²) in [6.07, 6.45) is 4.84. The fourth-order valence-corrected chi connectivity index (χ4v) is 4.32. The summed E-state index contributed by atoms with van der Waals surface area (Å²) in [6, 6.07) is 0. The highest BCUT2D eigenvalue weighted by molar-refractivity contribution is 6.16. The van der Waals surface area contributed by atoms with E-state index in [2.05, 4.69) is 0 Å². The highest BCUT2D eigenvalue weighted by Crippen LogP contribution is 2.62. The van der Waals surface area contributed by atoms with Crippen molar-refractivity contribution in [3.05, 3.63) is 0 Å². The van der Waals surface area contributed by atoms with Crippen molar-refractivity contribution < 1.29 is 9.59 Å². The number of Topliss-reactive ketones (excluding diaryl/α,β-unsaturated/α-hetero) is 2. The van der Waals surface area contributed by atoms with E-state index in [1.807, 2.05) is 13.8 Å². The number of carbonyl (C=O) groups excluding carboxylic acids is 2. The van der Waals surface area contributed by atoms with Crippen molar-refractivity contribution in [1.82, 2.24) is 0 Å². The van der Waals surface area contributed by atoms with E-state index >= 15 is 0 Å². The van der Waals surface area contributed by atoms with Gasteiger partial charge in [-0.15, -0.1) is 0 Å². The number of rotatable bonds is 0. The molecule has 1 spiro atoms. The summed E-state index contributed by atoms with van der Waals surface area (Å²) in [4.78, 5) is 24.6. The topological polar surface area (TPSA) is 34.1 Å². The lowest BCUT2D eigenvalue weighted by Crippen LogP contribution is -2.40. The van der Waals surface area contributed by atoms with Crippen LogP contribution in [0.1, 0.15) is 46.0 Å². The van der Waals surface area contributed by atoms with Crippen molar-refractivity contribution in [2.75, 3.05) is 0 Å². The van der Waals surface area contributed by atoms with E-state index < -0.39 is 5.41 Å². The monoisotopic (exact) mass is 206 g/mol. The predicted octanol–water partition coefficient (Wildman–Crippen LogP) is 2.36. The molecular weight excluding hydrogens is 188 g/mol. The second kappa shape index (κ2) is 2.53. The minimum absolute atomic E-state index is 0.254. The van der Waals surface area contributed by atoms with E-state index in [-0.39, 0.29) is 17.0 Å². The first-order valence-corrected chi connectivity index (χ1v) is 6.05. The number of carbonyl (C=O) groups is 2. The van der Waals surface area contributed by atoms with E-state index in [1.54, 1.807) is 0 Å². The summed E-state index contributed by atoms with van der Waals surface area (Å²) in [5.41, 5.74) is -0.909. The maximum absolute atomic E-state index is 12.4. The van der Waals surface area contributed by atoms with Crippen LogP contribution in [0.15, 0.2) is 0 Å². The Hall–Kier alpha value is -0.660. The highest BCUT2D eigenvalue weighted by atomic mass is 16.2. The molecule has 0 aromatic rings. The molecule has 3 rings (SSSR count). The van der Waals surface area contributed by atoms with Crippen LogP contribution in [0.5, 0.6) is 0 Å². The van der Waals surface area contributed by atoms with Crippen LogP contribution in [0, 0.1) is 22.7 Å². The van der Waals surface area contributed by atoms with Crippen molar-refractivity contribution in [3.8, 4) is 0 Å². The number of fused-ring (bicyclic) bond motifs is 3. The van der Waals surface area contributed by atoms with Gasteiger partial charge in [-0.05, 0) is 31.1 Å². The Morgan fingerprint density at radius 1 is 1.20 bits per heavy atom. The van der Waals surface area contributed by atoms with Crippen molar-refractivity contribution in [3.63, 3.8) is 0 Å². The van der Waals surface area contributed by atoms with Crippen LogP contribution < -0.4 is 0 Å². The summed E-state index contributed by atoms with van der Waals surface area (Å²) < 4.78 is 0. The maximum atomic E-state index is 12.4. The largest absolute Gasteiger partial charge is 0.299 e. The third-order valence-corrected chi connectivity index (χ3v) is 4.97. The molecule has 0 amide bonds. The second-order valence-corrected chi connectivity index (χ2v) is 6.36. The molecule has 2 heteroatoms. The highest BCUT2D eigenvalue weighted by Gasteiger charge is 2.66. The molecule has 0 N–H and O–H groups in total. The van der Waals surface area contributed by atoms with E-state index in [4.69, 9.17) is 0 Å². The normalized spacial score (nSPS) is 47.1. The molecule has 0 radical (unpaired) electrons. The van der Waals surface area contributed by atoms with Crippen LogP contribution >= 0.6 is 0 Å². The lowest BCUT2D eigenvalue weighted by atomic mass is 9.68. The molecule has 15 heavy (non-hydrogen) atoms. The molecular formula is C13H18O2. The Labute approximate surface area is 90.4 Å². The molecule has 3 fully saturated rings. The quantitative estimate of drug-likeness (QED) is 0.570. The fraction of sp³-hybridized carbons (Fsp3) is 0.846. The van der Waals surface area contributed by atoms with Gasteiger partial charge >= 0.3 is 0 Å². The van der Waals surface area contributed by atoms with Crippen LogP contribution in [0.4, 0.5) is 0 Å². The van der Waals surface area contributed by atoms with Gasteiger partial charge in [0, 0.05) is 11.8 Å². The van der Waals surface area contributed by atoms with E-state index in [1.165, 1.54) is 6.42 Å². The van der Waals surface area contributed by atoms with Gasteiger partial charge in [0.15, 0.2) is 5.78 Å². The van der Waals surface area contributed by atoms with Gasteiger partial charge in [-0.25, -0.2) is 0 Å². The third-order valence-electron chi connectivity index (χ3n) is 4.97. The van der Waals surface area contributed by atoms with Gasteiger partial charge < -0.3 is 0 Å². The van der Waals surface area contributed by atoms with Crippen molar-refractivity contribution >= 4 is 11.6 Å². The first kappa shape index (κ1) is 9.56. The van der Waals surface area contributed by atoms with Gasteiger partial charge in [-0.3, -0.25) is 9.59 Å². The summed E-state index contributed by atoms with van der Waals surface area (Å²) in [5.74, 6) is 1.57. The zero-order chi connectivity index (χ0) is 10.8. The molecule has 3 atom stereocenters. The molecule has 0 unspecified atom stereocenters. The zero-order valence-electron chi connectivity index (χ0n) is 9.51. The molecule has 0 aromatic heterocycles. The van der Waals surface area contributed by atoms with Gasteiger partial charge in [-0.1, -0.05) is 20.3 Å². The van der Waals surface area contributed by atoms with E-state index in [0.29, 0.717) is 18.3 Å². The molecule has 0 aliphatic heterocycles. The first-order chi connectivity index (χ1) is 6.97. The molecule has 0 saturated heterocycles. The standard InChI is InChI=1S/C13H18O2/c1-12(2)7-10(14)13(11(12)15)6-8-3-4-9(13)5-8/h8-9H,3-7H2,1-2H3/t8-,9+,13+/m0/s1. The van der Waals surface area contributed by atoms with Crippen molar-refractivity contribution in [2.45, 2.75) is 46.0 Å². The van der Waals surface area contributed by atoms with Crippen LogP contribution in [-0.2, 0) is 9.59 Å². The fourth-order valence-electron chi connectivity index (χ4n) is 4.32. The Kier molecular flexibility index (Phi) is 1.61. The Morgan fingerprint density at radius 2 is 1.93 bits per heavy atom. The summed E-state index contributed by atoms with van der Waals surface area (Å²) in [5, 5.41) is 0. The van der Waals surface area contributed by atoms with Crippen molar-refractivity contribution in [2.24, 2.45) is 22.7 Å². The third kappa shape index (κ3) is 0.957. The molecule has 3 saturated carbocycles.